The zero-order valence-corrected chi connectivity index (χ0v) is 6.89. The monoisotopic (exact) mass is 138 g/mol. The number of nitrogens with zero attached hydrogens (tertiary/aromatic N) is 2. The van der Waals surface area contributed by atoms with Gasteiger partial charge in [0.05, 0.1) is 12.6 Å². The van der Waals surface area contributed by atoms with E-state index in [2.05, 4.69) is 23.8 Å². The normalized spacial score (nSPS) is 25.7. The summed E-state index contributed by atoms with van der Waals surface area (Å²) >= 11 is 0. The number of aliphatic imine (C=N–C) groups is 2. The van der Waals surface area contributed by atoms with E-state index in [1.807, 2.05) is 6.92 Å². The second-order valence-electron chi connectivity index (χ2n) is 2.75. The lowest BCUT2D eigenvalue weighted by atomic mass is 10.1. The van der Waals surface area contributed by atoms with Crippen LogP contribution >= 0.6 is 0 Å². The van der Waals surface area contributed by atoms with Crippen LogP contribution < -0.4 is 0 Å². The van der Waals surface area contributed by atoms with Crippen molar-refractivity contribution >= 4 is 11.4 Å². The third-order valence-corrected chi connectivity index (χ3v) is 1.80. The van der Waals surface area contributed by atoms with Crippen molar-refractivity contribution in [3.8, 4) is 0 Å². The Bertz CT molecular complexity index is 180. The van der Waals surface area contributed by atoms with Crippen molar-refractivity contribution in [1.29, 1.82) is 0 Å². The first-order chi connectivity index (χ1) is 4.74. The zero-order chi connectivity index (χ0) is 7.56. The molecule has 2 heteroatoms. The maximum Gasteiger partial charge on any atom is 0.0870 e. The van der Waals surface area contributed by atoms with Crippen LogP contribution in [-0.2, 0) is 0 Å². The molecule has 0 amide bonds. The van der Waals surface area contributed by atoms with Crippen LogP contribution in [0.2, 0.25) is 0 Å². The lowest BCUT2D eigenvalue weighted by molar-refractivity contribution is 0.798. The molecule has 1 aliphatic heterocycles. The summed E-state index contributed by atoms with van der Waals surface area (Å²) < 4.78 is 0. The van der Waals surface area contributed by atoms with Crippen LogP contribution in [0, 0.1) is 0 Å². The lowest BCUT2D eigenvalue weighted by Gasteiger charge is -2.15. The highest BCUT2D eigenvalue weighted by Gasteiger charge is 2.11. The van der Waals surface area contributed by atoms with E-state index in [-0.39, 0.29) is 0 Å². The van der Waals surface area contributed by atoms with Crippen molar-refractivity contribution in [3.05, 3.63) is 0 Å². The summed E-state index contributed by atoms with van der Waals surface area (Å²) in [4.78, 5) is 8.82. The van der Waals surface area contributed by atoms with Gasteiger partial charge in [0.1, 0.15) is 0 Å². The predicted molar refractivity (Wildman–Crippen MR) is 45.2 cm³/mol. The molecule has 56 valence electrons. The van der Waals surface area contributed by atoms with Crippen molar-refractivity contribution < 1.29 is 0 Å². The Morgan fingerprint density at radius 2 is 2.20 bits per heavy atom. The third-order valence-electron chi connectivity index (χ3n) is 1.80. The molecule has 1 aliphatic rings. The van der Waals surface area contributed by atoms with E-state index < -0.39 is 0 Å². The molecule has 0 bridgehead atoms. The molecule has 0 N–H and O–H groups in total. The van der Waals surface area contributed by atoms with Gasteiger partial charge in [-0.15, -0.1) is 0 Å². The number of hydrogen-bond acceptors (Lipinski definition) is 2. The van der Waals surface area contributed by atoms with Crippen LogP contribution in [-0.4, -0.2) is 24.0 Å². The second-order valence-corrected chi connectivity index (χ2v) is 2.75. The highest BCUT2D eigenvalue weighted by atomic mass is 14.9. The lowest BCUT2D eigenvalue weighted by Crippen LogP contribution is -2.22. The predicted octanol–water partition coefficient (Wildman–Crippen LogP) is 1.70. The van der Waals surface area contributed by atoms with E-state index in [0.717, 1.165) is 18.7 Å². The van der Waals surface area contributed by atoms with Crippen LogP contribution in [0.15, 0.2) is 9.98 Å². The van der Waals surface area contributed by atoms with E-state index >= 15 is 0 Å². The van der Waals surface area contributed by atoms with E-state index in [9.17, 15) is 0 Å². The molecule has 0 radical (unpaired) electrons. The Hall–Kier alpha value is -0.660. The fourth-order valence-corrected chi connectivity index (χ4v) is 1.13. The smallest absolute Gasteiger partial charge is 0.0870 e. The first kappa shape index (κ1) is 7.45. The standard InChI is InChI=1S/C8H14N2/c1-4-8-7(3)9-5-6(2)10-8/h8H,4-5H2,1-3H3. The molecule has 0 saturated carbocycles. The van der Waals surface area contributed by atoms with Gasteiger partial charge in [0.2, 0.25) is 0 Å². The van der Waals surface area contributed by atoms with Crippen molar-refractivity contribution in [2.75, 3.05) is 6.54 Å². The van der Waals surface area contributed by atoms with E-state index in [1.165, 1.54) is 5.71 Å². The molecule has 1 heterocycles. The Morgan fingerprint density at radius 3 is 2.70 bits per heavy atom. The average molecular weight is 138 g/mol. The third kappa shape index (κ3) is 1.43. The zero-order valence-electron chi connectivity index (χ0n) is 6.89. The van der Waals surface area contributed by atoms with Crippen molar-refractivity contribution in [1.82, 2.24) is 0 Å². The molecule has 2 nitrogen and oxygen atoms in total. The van der Waals surface area contributed by atoms with Gasteiger partial charge in [0.25, 0.3) is 0 Å². The van der Waals surface area contributed by atoms with Crippen molar-refractivity contribution in [3.63, 3.8) is 0 Å². The van der Waals surface area contributed by atoms with Gasteiger partial charge >= 0.3 is 0 Å². The summed E-state index contributed by atoms with van der Waals surface area (Å²) in [5.74, 6) is 0. The Labute approximate surface area is 62.1 Å². The van der Waals surface area contributed by atoms with Gasteiger partial charge in [0, 0.05) is 11.4 Å². The van der Waals surface area contributed by atoms with Gasteiger partial charge in [-0.25, -0.2) is 0 Å². The maximum atomic E-state index is 4.47. The second kappa shape index (κ2) is 2.95. The van der Waals surface area contributed by atoms with Gasteiger partial charge in [0.15, 0.2) is 0 Å². The Morgan fingerprint density at radius 1 is 1.50 bits per heavy atom. The first-order valence-corrected chi connectivity index (χ1v) is 3.78. The molecule has 1 atom stereocenters. The van der Waals surface area contributed by atoms with E-state index in [4.69, 9.17) is 0 Å². The van der Waals surface area contributed by atoms with Crippen LogP contribution in [0.25, 0.3) is 0 Å². The number of hydrogen-bond donors (Lipinski definition) is 0. The molecule has 10 heavy (non-hydrogen) atoms. The van der Waals surface area contributed by atoms with E-state index in [1.54, 1.807) is 0 Å². The van der Waals surface area contributed by atoms with Gasteiger partial charge in [-0.05, 0) is 20.3 Å². The summed E-state index contributed by atoms with van der Waals surface area (Å²) in [6.07, 6.45) is 1.08. The SMILES string of the molecule is CCC1N=C(C)CN=C1C. The van der Waals surface area contributed by atoms with Crippen LogP contribution in [0.5, 0.6) is 0 Å². The summed E-state index contributed by atoms with van der Waals surface area (Å²) in [5, 5.41) is 0. The van der Waals surface area contributed by atoms with Crippen LogP contribution in [0.1, 0.15) is 27.2 Å². The fraction of sp³-hybridized carbons (Fsp3) is 0.750. The fourth-order valence-electron chi connectivity index (χ4n) is 1.13. The van der Waals surface area contributed by atoms with Crippen LogP contribution in [0.4, 0.5) is 0 Å². The topological polar surface area (TPSA) is 24.7 Å². The molecule has 0 aliphatic carbocycles. The molecule has 1 unspecified atom stereocenters. The van der Waals surface area contributed by atoms with E-state index in [0.29, 0.717) is 6.04 Å². The molecule has 0 spiro atoms. The molecule has 0 aromatic rings. The molecule has 0 aromatic carbocycles. The molecule has 0 aromatic heterocycles. The van der Waals surface area contributed by atoms with Crippen LogP contribution in [0.3, 0.4) is 0 Å². The summed E-state index contributed by atoms with van der Waals surface area (Å²) in [7, 11) is 0. The Balaban J connectivity index is 2.68. The molecular formula is C8H14N2. The maximum absolute atomic E-state index is 4.47. The van der Waals surface area contributed by atoms with Gasteiger partial charge in [-0.2, -0.15) is 0 Å². The van der Waals surface area contributed by atoms with Gasteiger partial charge in [-0.1, -0.05) is 6.92 Å². The van der Waals surface area contributed by atoms with Gasteiger partial charge < -0.3 is 0 Å². The van der Waals surface area contributed by atoms with Gasteiger partial charge in [-0.3, -0.25) is 9.98 Å². The highest BCUT2D eigenvalue weighted by Crippen LogP contribution is 2.06. The minimum Gasteiger partial charge on any atom is -0.286 e. The minimum absolute atomic E-state index is 0.369. The quantitative estimate of drug-likeness (QED) is 0.527. The average Bonchev–Trinajstić information content (AvgIpc) is 1.94. The minimum atomic E-state index is 0.369. The summed E-state index contributed by atoms with van der Waals surface area (Å²) in [6.45, 7) is 7.05. The first-order valence-electron chi connectivity index (χ1n) is 3.78. The highest BCUT2D eigenvalue weighted by molar-refractivity contribution is 5.96. The molecule has 0 saturated heterocycles. The number of rotatable bonds is 1. The Kier molecular flexibility index (Phi) is 2.20. The largest absolute Gasteiger partial charge is 0.286 e. The van der Waals surface area contributed by atoms with Crippen molar-refractivity contribution in [2.24, 2.45) is 9.98 Å². The summed E-state index contributed by atoms with van der Waals surface area (Å²) in [5.41, 5.74) is 2.35. The molecular weight excluding hydrogens is 124 g/mol. The molecule has 1 rings (SSSR count). The van der Waals surface area contributed by atoms with Crippen molar-refractivity contribution in [2.45, 2.75) is 33.2 Å². The molecule has 0 fully saturated rings. The summed E-state index contributed by atoms with van der Waals surface area (Å²) in [6, 6.07) is 0.369.